The van der Waals surface area contributed by atoms with Crippen molar-refractivity contribution in [1.29, 1.82) is 0 Å². The minimum atomic E-state index is -0.0551. The van der Waals surface area contributed by atoms with Gasteiger partial charge >= 0.3 is 6.03 Å². The highest BCUT2D eigenvalue weighted by atomic mass is 32.2. The number of rotatable bonds is 16. The van der Waals surface area contributed by atoms with Crippen LogP contribution in [0.2, 0.25) is 0 Å². The number of carbonyl (C=O) groups is 2. The van der Waals surface area contributed by atoms with Crippen LogP contribution in [0.15, 0.2) is 0 Å². The molecule has 0 aromatic rings. The highest BCUT2D eigenvalue weighted by Crippen LogP contribution is 2.33. The number of hydrogen-bond acceptors (Lipinski definition) is 7. The lowest BCUT2D eigenvalue weighted by molar-refractivity contribution is -0.121. The highest BCUT2D eigenvalue weighted by molar-refractivity contribution is 8.00. The summed E-state index contributed by atoms with van der Waals surface area (Å²) in [5, 5.41) is 17.8. The molecule has 0 radical (unpaired) electrons. The van der Waals surface area contributed by atoms with Gasteiger partial charge in [0.05, 0.1) is 58.3 Å². The molecule has 2 saturated heterocycles. The van der Waals surface area contributed by atoms with Crippen molar-refractivity contribution >= 4 is 23.7 Å². The summed E-state index contributed by atoms with van der Waals surface area (Å²) in [5.41, 5.74) is 0. The molecular weight excluding hydrogens is 386 g/mol. The lowest BCUT2D eigenvalue weighted by Gasteiger charge is -2.16. The zero-order valence-electron chi connectivity index (χ0n) is 16.3. The molecule has 2 rings (SSSR count). The van der Waals surface area contributed by atoms with Crippen LogP contribution in [-0.2, 0) is 19.0 Å². The number of unbranched alkanes of at least 4 members (excludes halogenated alkanes) is 1. The fourth-order valence-corrected chi connectivity index (χ4v) is 4.78. The number of hydrogen-bond donors (Lipinski definition) is 4. The molecule has 28 heavy (non-hydrogen) atoms. The summed E-state index contributed by atoms with van der Waals surface area (Å²) in [6.45, 7) is 3.20. The fraction of sp³-hybridized carbons (Fsp3) is 0.889. The maximum Gasteiger partial charge on any atom is 0.315 e. The van der Waals surface area contributed by atoms with Gasteiger partial charge in [0.25, 0.3) is 0 Å². The van der Waals surface area contributed by atoms with Crippen LogP contribution in [-0.4, -0.2) is 92.9 Å². The van der Waals surface area contributed by atoms with Gasteiger partial charge in [0.1, 0.15) is 0 Å². The summed E-state index contributed by atoms with van der Waals surface area (Å²) in [7, 11) is 0. The molecule has 2 aliphatic rings. The first-order valence-electron chi connectivity index (χ1n) is 10.00. The normalized spacial score (nSPS) is 23.3. The molecule has 3 amide bonds. The van der Waals surface area contributed by atoms with Gasteiger partial charge in [-0.05, 0) is 12.8 Å². The molecule has 3 unspecified atom stereocenters. The van der Waals surface area contributed by atoms with Crippen LogP contribution in [0, 0.1) is 0 Å². The third kappa shape index (κ3) is 8.95. The van der Waals surface area contributed by atoms with Gasteiger partial charge in [-0.2, -0.15) is 11.8 Å². The smallest absolute Gasteiger partial charge is 0.315 e. The largest absolute Gasteiger partial charge is 0.394 e. The van der Waals surface area contributed by atoms with Crippen molar-refractivity contribution < 1.29 is 28.9 Å². The van der Waals surface area contributed by atoms with Crippen molar-refractivity contribution in [2.75, 3.05) is 58.5 Å². The summed E-state index contributed by atoms with van der Waals surface area (Å²) in [5.74, 6) is 1.02. The van der Waals surface area contributed by atoms with Crippen molar-refractivity contribution in [3.63, 3.8) is 0 Å². The average molecular weight is 420 g/mol. The van der Waals surface area contributed by atoms with E-state index >= 15 is 0 Å². The van der Waals surface area contributed by atoms with E-state index in [1.165, 1.54) is 0 Å². The summed E-state index contributed by atoms with van der Waals surface area (Å²) >= 11 is 1.90. The molecule has 2 aliphatic heterocycles. The lowest BCUT2D eigenvalue weighted by atomic mass is 10.0. The van der Waals surface area contributed by atoms with Gasteiger partial charge in [0.15, 0.2) is 0 Å². The van der Waals surface area contributed by atoms with Crippen LogP contribution in [0.5, 0.6) is 0 Å². The summed E-state index contributed by atoms with van der Waals surface area (Å²) < 4.78 is 15.8. The van der Waals surface area contributed by atoms with Crippen molar-refractivity contribution in [1.82, 2.24) is 16.0 Å². The van der Waals surface area contributed by atoms with Gasteiger partial charge in [0, 0.05) is 24.0 Å². The summed E-state index contributed by atoms with van der Waals surface area (Å²) in [6.07, 6.45) is 3.39. The molecule has 2 heterocycles. The molecule has 0 saturated carbocycles. The Hall–Kier alpha value is -1.07. The molecule has 10 heteroatoms. The second-order valence-corrected chi connectivity index (χ2v) is 8.05. The molecule has 162 valence electrons. The van der Waals surface area contributed by atoms with E-state index < -0.39 is 0 Å². The molecule has 0 spiro atoms. The van der Waals surface area contributed by atoms with Crippen LogP contribution in [0.1, 0.15) is 25.7 Å². The molecule has 0 aromatic heterocycles. The van der Waals surface area contributed by atoms with Crippen molar-refractivity contribution in [3.8, 4) is 0 Å². The molecule has 9 nitrogen and oxygen atoms in total. The van der Waals surface area contributed by atoms with E-state index in [4.69, 9.17) is 19.3 Å². The minimum Gasteiger partial charge on any atom is -0.394 e. The number of thioether (sulfide) groups is 1. The monoisotopic (exact) mass is 419 g/mol. The summed E-state index contributed by atoms with van der Waals surface area (Å²) in [4.78, 5) is 23.2. The van der Waals surface area contributed by atoms with Crippen LogP contribution in [0.25, 0.3) is 0 Å². The van der Waals surface area contributed by atoms with E-state index in [0.29, 0.717) is 57.9 Å². The van der Waals surface area contributed by atoms with Crippen LogP contribution >= 0.6 is 11.8 Å². The second kappa shape index (κ2) is 14.0. The molecule has 4 N–H and O–H groups in total. The van der Waals surface area contributed by atoms with Gasteiger partial charge in [-0.25, -0.2) is 4.79 Å². The molecule has 0 aromatic carbocycles. The van der Waals surface area contributed by atoms with Gasteiger partial charge < -0.3 is 35.3 Å². The van der Waals surface area contributed by atoms with Gasteiger partial charge in [-0.15, -0.1) is 0 Å². The predicted molar refractivity (Wildman–Crippen MR) is 107 cm³/mol. The summed E-state index contributed by atoms with van der Waals surface area (Å²) in [6, 6.07) is 0.442. The number of ether oxygens (including phenoxy) is 3. The van der Waals surface area contributed by atoms with E-state index in [2.05, 4.69) is 16.0 Å². The Morgan fingerprint density at radius 2 is 1.79 bits per heavy atom. The Labute approximate surface area is 170 Å². The number of nitrogens with one attached hydrogen (secondary N) is 3. The Morgan fingerprint density at radius 1 is 1.07 bits per heavy atom. The number of aliphatic hydroxyl groups excluding tert-OH is 1. The van der Waals surface area contributed by atoms with Crippen LogP contribution in [0.4, 0.5) is 4.79 Å². The van der Waals surface area contributed by atoms with Crippen molar-refractivity contribution in [2.24, 2.45) is 0 Å². The first-order valence-corrected chi connectivity index (χ1v) is 11.0. The van der Waals surface area contributed by atoms with E-state index in [0.717, 1.165) is 25.0 Å². The van der Waals surface area contributed by atoms with Gasteiger partial charge in [-0.1, -0.05) is 6.42 Å². The molecule has 3 atom stereocenters. The Kier molecular flexibility index (Phi) is 11.6. The third-order valence-electron chi connectivity index (χ3n) is 4.63. The molecular formula is C18H33N3O6S. The zero-order chi connectivity index (χ0) is 20.0. The number of carbonyl (C=O) groups excluding carboxylic acids is 2. The second-order valence-electron chi connectivity index (χ2n) is 6.78. The maximum absolute atomic E-state index is 11.8. The van der Waals surface area contributed by atoms with E-state index in [1.54, 1.807) is 0 Å². The Bertz CT molecular complexity index is 471. The van der Waals surface area contributed by atoms with Gasteiger partial charge in [0.2, 0.25) is 5.91 Å². The van der Waals surface area contributed by atoms with Crippen molar-refractivity contribution in [2.45, 2.75) is 43.0 Å². The van der Waals surface area contributed by atoms with Crippen LogP contribution in [0.3, 0.4) is 0 Å². The SMILES string of the molecule is O=C(CCCCC1SCC2NC(=O)NC21)NCCOCCOCCOCCO. The maximum atomic E-state index is 11.8. The Morgan fingerprint density at radius 3 is 2.54 bits per heavy atom. The quantitative estimate of drug-likeness (QED) is 0.203. The highest BCUT2D eigenvalue weighted by Gasteiger charge is 2.42. The number of amides is 3. The first kappa shape index (κ1) is 23.2. The molecule has 2 fully saturated rings. The first-order chi connectivity index (χ1) is 13.7. The standard InChI is InChI=1S/C18H33N3O6S/c22-6-8-26-10-12-27-11-9-25-7-5-19-16(23)4-2-1-3-15-17-14(13-28-15)20-18(24)21-17/h14-15,17,22H,1-13H2,(H,19,23)(H2,20,21,24). The topological polar surface area (TPSA) is 118 Å². The van der Waals surface area contributed by atoms with Crippen LogP contribution < -0.4 is 16.0 Å². The molecule has 0 bridgehead atoms. The molecule has 0 aliphatic carbocycles. The van der Waals surface area contributed by atoms with E-state index in [-0.39, 0.29) is 30.6 Å². The predicted octanol–water partition coefficient (Wildman–Crippen LogP) is -0.129. The van der Waals surface area contributed by atoms with E-state index in [1.807, 2.05) is 11.8 Å². The van der Waals surface area contributed by atoms with E-state index in [9.17, 15) is 9.59 Å². The lowest BCUT2D eigenvalue weighted by Crippen LogP contribution is -2.36. The zero-order valence-corrected chi connectivity index (χ0v) is 17.1. The number of urea groups is 1. The average Bonchev–Trinajstić information content (AvgIpc) is 3.22. The third-order valence-corrected chi connectivity index (χ3v) is 6.14. The van der Waals surface area contributed by atoms with Crippen molar-refractivity contribution in [3.05, 3.63) is 0 Å². The number of aliphatic hydroxyl groups is 1. The number of fused-ring (bicyclic) bond motifs is 1. The minimum absolute atomic E-state index is 0.0205. The Balaban J connectivity index is 1.34. The van der Waals surface area contributed by atoms with Gasteiger partial charge in [-0.3, -0.25) is 4.79 Å². The fourth-order valence-electron chi connectivity index (χ4n) is 3.23.